The lowest BCUT2D eigenvalue weighted by Crippen LogP contribution is -2.43. The number of carbonyl (C=O) groups excluding carboxylic acids is 1. The lowest BCUT2D eigenvalue weighted by molar-refractivity contribution is -0.126. The van der Waals surface area contributed by atoms with Crippen LogP contribution in [0.15, 0.2) is 53.0 Å². The zero-order chi connectivity index (χ0) is 22.3. The van der Waals surface area contributed by atoms with Crippen molar-refractivity contribution in [2.24, 2.45) is 5.92 Å². The molecule has 0 spiro atoms. The molecule has 0 atom stereocenters. The van der Waals surface area contributed by atoms with Crippen LogP contribution >= 0.6 is 15.9 Å². The van der Waals surface area contributed by atoms with E-state index in [0.717, 1.165) is 34.2 Å². The van der Waals surface area contributed by atoms with Gasteiger partial charge in [0.2, 0.25) is 15.9 Å². The first-order chi connectivity index (χ1) is 14.9. The molecule has 1 fully saturated rings. The Morgan fingerprint density at radius 3 is 2.61 bits per heavy atom. The molecule has 3 rings (SSSR count). The summed E-state index contributed by atoms with van der Waals surface area (Å²) in [5.74, 6) is 0.726. The van der Waals surface area contributed by atoms with Gasteiger partial charge in [0.05, 0.1) is 12.9 Å². The molecule has 8 heteroatoms. The fourth-order valence-electron chi connectivity index (χ4n) is 3.87. The van der Waals surface area contributed by atoms with Gasteiger partial charge in [-0.15, -0.1) is 0 Å². The molecule has 2 aromatic rings. The lowest BCUT2D eigenvalue weighted by atomic mass is 9.97. The quantitative estimate of drug-likeness (QED) is 0.523. The predicted octanol–water partition coefficient (Wildman–Crippen LogP) is 3.75. The molecule has 1 heterocycles. The number of halogens is 1. The zero-order valence-corrected chi connectivity index (χ0v) is 20.1. The number of sulfonamides is 1. The van der Waals surface area contributed by atoms with Crippen LogP contribution in [0, 0.1) is 5.92 Å². The van der Waals surface area contributed by atoms with E-state index in [0.29, 0.717) is 32.5 Å². The van der Waals surface area contributed by atoms with Crippen LogP contribution in [0.3, 0.4) is 0 Å². The first-order valence-electron chi connectivity index (χ1n) is 10.5. The number of rotatable bonds is 9. The summed E-state index contributed by atoms with van der Waals surface area (Å²) in [5, 5.41) is 3.01. The number of benzene rings is 2. The Bertz CT molecular complexity index is 989. The van der Waals surface area contributed by atoms with Gasteiger partial charge in [-0.1, -0.05) is 46.3 Å². The number of nitrogens with zero attached hydrogens (tertiary/aromatic N) is 1. The largest absolute Gasteiger partial charge is 0.496 e. The summed E-state index contributed by atoms with van der Waals surface area (Å²) in [6, 6.07) is 15.2. The number of ether oxygens (including phenoxy) is 1. The number of piperidine rings is 1. The van der Waals surface area contributed by atoms with Crippen LogP contribution in [0.25, 0.3) is 0 Å². The van der Waals surface area contributed by atoms with Crippen molar-refractivity contribution in [3.8, 4) is 5.75 Å². The second kappa shape index (κ2) is 11.1. The molecule has 0 unspecified atom stereocenters. The number of carbonyl (C=O) groups is 1. The Morgan fingerprint density at radius 2 is 1.90 bits per heavy atom. The molecule has 1 N–H and O–H groups in total. The Hall–Kier alpha value is -1.90. The van der Waals surface area contributed by atoms with Crippen LogP contribution < -0.4 is 10.1 Å². The minimum Gasteiger partial charge on any atom is -0.496 e. The molecular weight excluding hydrogens is 480 g/mol. The van der Waals surface area contributed by atoms with Gasteiger partial charge in [0.25, 0.3) is 0 Å². The van der Waals surface area contributed by atoms with Crippen molar-refractivity contribution in [1.29, 1.82) is 0 Å². The van der Waals surface area contributed by atoms with E-state index in [-0.39, 0.29) is 17.6 Å². The summed E-state index contributed by atoms with van der Waals surface area (Å²) in [4.78, 5) is 12.5. The molecule has 0 bridgehead atoms. The highest BCUT2D eigenvalue weighted by atomic mass is 79.9. The minimum absolute atomic E-state index is 0.0177. The highest BCUT2D eigenvalue weighted by Crippen LogP contribution is 2.23. The number of amides is 1. The molecule has 0 saturated carbocycles. The maximum Gasteiger partial charge on any atom is 0.223 e. The monoisotopic (exact) mass is 508 g/mol. The van der Waals surface area contributed by atoms with Gasteiger partial charge in [-0.25, -0.2) is 12.7 Å². The molecule has 0 aromatic heterocycles. The van der Waals surface area contributed by atoms with Crippen LogP contribution in [0.2, 0.25) is 0 Å². The van der Waals surface area contributed by atoms with E-state index in [2.05, 4.69) is 21.2 Å². The Kier molecular flexibility index (Phi) is 8.51. The number of hydrogen-bond acceptors (Lipinski definition) is 4. The highest BCUT2D eigenvalue weighted by Gasteiger charge is 2.31. The van der Waals surface area contributed by atoms with Crippen molar-refractivity contribution in [2.45, 2.75) is 31.4 Å². The Labute approximate surface area is 193 Å². The van der Waals surface area contributed by atoms with Crippen LogP contribution in [0.4, 0.5) is 0 Å². The molecule has 1 amide bonds. The number of methoxy groups -OCH3 is 1. The van der Waals surface area contributed by atoms with Crippen molar-refractivity contribution in [3.05, 3.63) is 64.1 Å². The standard InChI is InChI=1S/C23H29BrN2O4S/c1-30-22-10-3-2-7-19(22)8-5-13-25-23(27)20-11-14-26(15-12-20)31(28,29)17-18-6-4-9-21(24)16-18/h2-4,6-7,9-10,16,20H,5,8,11-15,17H2,1H3,(H,25,27). The number of para-hydroxylation sites is 1. The van der Waals surface area contributed by atoms with E-state index >= 15 is 0 Å². The third kappa shape index (κ3) is 6.79. The normalized spacial score (nSPS) is 15.5. The summed E-state index contributed by atoms with van der Waals surface area (Å²) >= 11 is 3.38. The number of hydrogen-bond donors (Lipinski definition) is 1. The lowest BCUT2D eigenvalue weighted by Gasteiger charge is -2.30. The third-order valence-corrected chi connectivity index (χ3v) is 7.91. The van der Waals surface area contributed by atoms with E-state index in [4.69, 9.17) is 4.74 Å². The zero-order valence-electron chi connectivity index (χ0n) is 17.7. The Balaban J connectivity index is 1.42. The van der Waals surface area contributed by atoms with E-state index in [1.54, 1.807) is 7.11 Å². The van der Waals surface area contributed by atoms with Gasteiger partial charge < -0.3 is 10.1 Å². The van der Waals surface area contributed by atoms with Crippen molar-refractivity contribution in [1.82, 2.24) is 9.62 Å². The van der Waals surface area contributed by atoms with Crippen molar-refractivity contribution in [2.75, 3.05) is 26.7 Å². The fourth-order valence-corrected chi connectivity index (χ4v) is 5.87. The van der Waals surface area contributed by atoms with E-state index in [1.807, 2.05) is 48.5 Å². The average Bonchev–Trinajstić information content (AvgIpc) is 2.76. The minimum atomic E-state index is -3.39. The average molecular weight is 509 g/mol. The SMILES string of the molecule is COc1ccccc1CCCNC(=O)C1CCN(S(=O)(=O)Cc2cccc(Br)c2)CC1. The van der Waals surface area contributed by atoms with E-state index in [1.165, 1.54) is 4.31 Å². The Morgan fingerprint density at radius 1 is 1.16 bits per heavy atom. The summed E-state index contributed by atoms with van der Waals surface area (Å²) in [6.07, 6.45) is 2.76. The molecule has 0 aliphatic carbocycles. The smallest absolute Gasteiger partial charge is 0.223 e. The van der Waals surface area contributed by atoms with Gasteiger partial charge in [0, 0.05) is 30.0 Å². The van der Waals surface area contributed by atoms with Gasteiger partial charge in [-0.2, -0.15) is 0 Å². The van der Waals surface area contributed by atoms with Gasteiger partial charge >= 0.3 is 0 Å². The predicted molar refractivity (Wildman–Crippen MR) is 125 cm³/mol. The van der Waals surface area contributed by atoms with Crippen LogP contribution in [-0.4, -0.2) is 45.4 Å². The summed E-state index contributed by atoms with van der Waals surface area (Å²) in [5.41, 5.74) is 1.88. The molecule has 1 aliphatic rings. The second-order valence-electron chi connectivity index (χ2n) is 7.77. The highest BCUT2D eigenvalue weighted by molar-refractivity contribution is 9.10. The van der Waals surface area contributed by atoms with Crippen molar-refractivity contribution < 1.29 is 17.9 Å². The topological polar surface area (TPSA) is 75.7 Å². The molecule has 0 radical (unpaired) electrons. The molecule has 168 valence electrons. The molecule has 6 nitrogen and oxygen atoms in total. The summed E-state index contributed by atoms with van der Waals surface area (Å²) < 4.78 is 33.2. The fraction of sp³-hybridized carbons (Fsp3) is 0.435. The van der Waals surface area contributed by atoms with Crippen molar-refractivity contribution >= 4 is 31.9 Å². The van der Waals surface area contributed by atoms with Gasteiger partial charge in [0.1, 0.15) is 5.75 Å². The first kappa shape index (κ1) is 23.8. The van der Waals surface area contributed by atoms with Gasteiger partial charge in [-0.05, 0) is 55.0 Å². The van der Waals surface area contributed by atoms with Crippen molar-refractivity contribution in [3.63, 3.8) is 0 Å². The summed E-state index contributed by atoms with van der Waals surface area (Å²) in [6.45, 7) is 1.36. The van der Waals surface area contributed by atoms with Crippen LogP contribution in [-0.2, 0) is 27.0 Å². The molecular formula is C23H29BrN2O4S. The molecule has 2 aromatic carbocycles. The van der Waals surface area contributed by atoms with Gasteiger partial charge in [0.15, 0.2) is 0 Å². The molecule has 1 saturated heterocycles. The maximum atomic E-state index is 12.7. The molecule has 31 heavy (non-hydrogen) atoms. The molecule has 1 aliphatic heterocycles. The second-order valence-corrected chi connectivity index (χ2v) is 10.7. The van der Waals surface area contributed by atoms with Crippen LogP contribution in [0.1, 0.15) is 30.4 Å². The van der Waals surface area contributed by atoms with E-state index < -0.39 is 10.0 Å². The number of nitrogens with one attached hydrogen (secondary N) is 1. The van der Waals surface area contributed by atoms with Crippen LogP contribution in [0.5, 0.6) is 5.75 Å². The first-order valence-corrected chi connectivity index (χ1v) is 12.9. The van der Waals surface area contributed by atoms with E-state index in [9.17, 15) is 13.2 Å². The third-order valence-electron chi connectivity index (χ3n) is 5.57. The maximum absolute atomic E-state index is 12.7. The van der Waals surface area contributed by atoms with Gasteiger partial charge in [-0.3, -0.25) is 4.79 Å². The number of aryl methyl sites for hydroxylation is 1. The summed E-state index contributed by atoms with van der Waals surface area (Å²) in [7, 11) is -1.73.